The number of benzene rings is 3. The van der Waals surface area contributed by atoms with Crippen LogP contribution >= 0.6 is 18.9 Å². The number of halogens is 1. The molecule has 4 heteroatoms. The Morgan fingerprint density at radius 3 is 1.86 bits per heavy atom. The van der Waals surface area contributed by atoms with E-state index in [9.17, 15) is 4.57 Å². The van der Waals surface area contributed by atoms with Crippen molar-refractivity contribution >= 4 is 41.3 Å². The van der Waals surface area contributed by atoms with E-state index in [0.29, 0.717) is 11.4 Å². The van der Waals surface area contributed by atoms with Gasteiger partial charge in [-0.2, -0.15) is 0 Å². The average molecular weight is 408 g/mol. The van der Waals surface area contributed by atoms with Crippen molar-refractivity contribution in [2.75, 3.05) is 0 Å². The molecule has 3 aromatic rings. The maximum atomic E-state index is 14.2. The SMILES string of the molecule is CCC(=N/P(=O)(c1ccccc1)c1ccccc1)/C(C)=C/c1ccc(Cl)cc1. The van der Waals surface area contributed by atoms with Crippen molar-refractivity contribution in [3.63, 3.8) is 0 Å². The van der Waals surface area contributed by atoms with Crippen LogP contribution in [-0.4, -0.2) is 5.71 Å². The summed E-state index contributed by atoms with van der Waals surface area (Å²) in [6, 6.07) is 26.7. The van der Waals surface area contributed by atoms with Crippen molar-refractivity contribution in [2.24, 2.45) is 4.76 Å². The molecule has 0 saturated heterocycles. The average Bonchev–Trinajstić information content (AvgIpc) is 2.74. The molecular formula is C24H23ClNOP. The summed E-state index contributed by atoms with van der Waals surface area (Å²) >= 11 is 5.98. The van der Waals surface area contributed by atoms with Crippen molar-refractivity contribution in [3.8, 4) is 0 Å². The second kappa shape index (κ2) is 9.19. The highest BCUT2D eigenvalue weighted by Gasteiger charge is 2.27. The molecule has 0 radical (unpaired) electrons. The third-order valence-electron chi connectivity index (χ3n) is 4.52. The Balaban J connectivity index is 2.10. The number of rotatable bonds is 6. The van der Waals surface area contributed by atoms with Gasteiger partial charge in [0.2, 0.25) is 7.29 Å². The third kappa shape index (κ3) is 4.70. The fourth-order valence-electron chi connectivity index (χ4n) is 3.02. The van der Waals surface area contributed by atoms with Crippen molar-refractivity contribution < 1.29 is 4.57 Å². The lowest BCUT2D eigenvalue weighted by Crippen LogP contribution is -2.16. The number of hydrogen-bond donors (Lipinski definition) is 0. The topological polar surface area (TPSA) is 29.4 Å². The third-order valence-corrected chi connectivity index (χ3v) is 7.29. The van der Waals surface area contributed by atoms with Crippen molar-refractivity contribution in [3.05, 3.63) is 101 Å². The van der Waals surface area contributed by atoms with E-state index < -0.39 is 7.29 Å². The minimum absolute atomic E-state index is 0.694. The number of hydrogen-bond acceptors (Lipinski definition) is 1. The van der Waals surface area contributed by atoms with Gasteiger partial charge >= 0.3 is 0 Å². The van der Waals surface area contributed by atoms with Gasteiger partial charge in [0.1, 0.15) is 0 Å². The van der Waals surface area contributed by atoms with Crippen molar-refractivity contribution in [1.29, 1.82) is 0 Å². The van der Waals surface area contributed by atoms with Gasteiger partial charge in [-0.3, -0.25) is 4.57 Å². The Morgan fingerprint density at radius 1 is 0.893 bits per heavy atom. The van der Waals surface area contributed by atoms with Gasteiger partial charge in [-0.1, -0.05) is 73.1 Å². The lowest BCUT2D eigenvalue weighted by molar-refractivity contribution is 0.588. The Hall–Kier alpha value is -2.41. The van der Waals surface area contributed by atoms with Crippen LogP contribution in [0.3, 0.4) is 0 Å². The summed E-state index contributed by atoms with van der Waals surface area (Å²) in [4.78, 5) is 0. The molecule has 0 unspecified atom stereocenters. The minimum Gasteiger partial charge on any atom is -0.288 e. The Morgan fingerprint density at radius 2 is 1.39 bits per heavy atom. The van der Waals surface area contributed by atoms with Crippen LogP contribution in [0.2, 0.25) is 5.02 Å². The molecule has 2 nitrogen and oxygen atoms in total. The molecule has 28 heavy (non-hydrogen) atoms. The molecule has 0 aliphatic carbocycles. The molecule has 3 aromatic carbocycles. The van der Waals surface area contributed by atoms with Crippen LogP contribution in [0, 0.1) is 0 Å². The van der Waals surface area contributed by atoms with Gasteiger partial charge in [0.05, 0.1) is 0 Å². The van der Waals surface area contributed by atoms with E-state index in [1.807, 2.05) is 98.8 Å². The lowest BCUT2D eigenvalue weighted by Gasteiger charge is -2.17. The molecule has 0 saturated carbocycles. The first kappa shape index (κ1) is 20.3. The quantitative estimate of drug-likeness (QED) is 0.337. The van der Waals surface area contributed by atoms with Gasteiger partial charge < -0.3 is 0 Å². The normalized spacial score (nSPS) is 12.8. The number of allylic oxidation sites excluding steroid dienone is 1. The van der Waals surface area contributed by atoms with E-state index >= 15 is 0 Å². The molecule has 3 rings (SSSR count). The fraction of sp³-hybridized carbons (Fsp3) is 0.125. The standard InChI is InChI=1S/C24H23ClNOP/c1-3-24(19(2)18-20-14-16-21(25)17-15-20)26-28(27,22-10-6-4-7-11-22)23-12-8-5-9-13-23/h4-18H,3H2,1-2H3/b19-18+,26-24-. The van der Waals surface area contributed by atoms with Crippen LogP contribution in [0.1, 0.15) is 25.8 Å². The zero-order valence-electron chi connectivity index (χ0n) is 16.0. The molecule has 0 N–H and O–H groups in total. The zero-order chi connectivity index (χ0) is 20.0. The van der Waals surface area contributed by atoms with E-state index in [1.165, 1.54) is 0 Å². The molecule has 0 aromatic heterocycles. The first-order valence-electron chi connectivity index (χ1n) is 9.27. The van der Waals surface area contributed by atoms with Crippen molar-refractivity contribution in [1.82, 2.24) is 0 Å². The van der Waals surface area contributed by atoms with Gasteiger partial charge in [0, 0.05) is 21.3 Å². The monoisotopic (exact) mass is 407 g/mol. The minimum atomic E-state index is -3.14. The van der Waals surface area contributed by atoms with E-state index in [4.69, 9.17) is 16.4 Å². The van der Waals surface area contributed by atoms with E-state index in [2.05, 4.69) is 6.08 Å². The molecular weight excluding hydrogens is 385 g/mol. The highest BCUT2D eigenvalue weighted by atomic mass is 35.5. The molecule has 0 amide bonds. The van der Waals surface area contributed by atoms with Gasteiger partial charge in [-0.25, -0.2) is 4.76 Å². The largest absolute Gasteiger partial charge is 0.288 e. The lowest BCUT2D eigenvalue weighted by atomic mass is 10.1. The van der Waals surface area contributed by atoms with E-state index in [0.717, 1.165) is 27.5 Å². The van der Waals surface area contributed by atoms with Crippen LogP contribution in [-0.2, 0) is 4.57 Å². The maximum Gasteiger partial charge on any atom is 0.247 e. The second-order valence-corrected chi connectivity index (χ2v) is 9.35. The van der Waals surface area contributed by atoms with Crippen LogP contribution in [0.25, 0.3) is 6.08 Å². The first-order valence-corrected chi connectivity index (χ1v) is 11.3. The van der Waals surface area contributed by atoms with E-state index in [-0.39, 0.29) is 0 Å². The molecule has 0 fully saturated rings. The van der Waals surface area contributed by atoms with Crippen LogP contribution in [0.4, 0.5) is 0 Å². The van der Waals surface area contributed by atoms with Gasteiger partial charge in [0.15, 0.2) is 0 Å². The van der Waals surface area contributed by atoms with Gasteiger partial charge in [-0.15, -0.1) is 0 Å². The molecule has 0 aliphatic rings. The Kier molecular flexibility index (Phi) is 6.67. The highest BCUT2D eigenvalue weighted by molar-refractivity contribution is 7.77. The Labute approximate surface area is 172 Å². The van der Waals surface area contributed by atoms with Gasteiger partial charge in [0.25, 0.3) is 0 Å². The molecule has 142 valence electrons. The Bertz CT molecular complexity index is 982. The van der Waals surface area contributed by atoms with Crippen LogP contribution < -0.4 is 10.6 Å². The summed E-state index contributed by atoms with van der Waals surface area (Å²) in [6.45, 7) is 4.05. The maximum absolute atomic E-state index is 14.2. The second-order valence-electron chi connectivity index (χ2n) is 6.53. The summed E-state index contributed by atoms with van der Waals surface area (Å²) in [7, 11) is -3.14. The summed E-state index contributed by atoms with van der Waals surface area (Å²) in [5.74, 6) is 0. The molecule has 0 heterocycles. The molecule has 0 aliphatic heterocycles. The summed E-state index contributed by atoms with van der Waals surface area (Å²) < 4.78 is 19.0. The fourth-order valence-corrected chi connectivity index (χ4v) is 5.46. The first-order chi connectivity index (χ1) is 13.5. The summed E-state index contributed by atoms with van der Waals surface area (Å²) in [6.07, 6.45) is 2.75. The smallest absolute Gasteiger partial charge is 0.247 e. The van der Waals surface area contributed by atoms with Crippen molar-refractivity contribution in [2.45, 2.75) is 20.3 Å². The van der Waals surface area contributed by atoms with E-state index in [1.54, 1.807) is 0 Å². The zero-order valence-corrected chi connectivity index (χ0v) is 17.7. The molecule has 0 bridgehead atoms. The predicted molar refractivity (Wildman–Crippen MR) is 123 cm³/mol. The molecule has 0 spiro atoms. The summed E-state index contributed by atoms with van der Waals surface area (Å²) in [5.41, 5.74) is 2.88. The van der Waals surface area contributed by atoms with Gasteiger partial charge in [-0.05, 0) is 60.9 Å². The van der Waals surface area contributed by atoms with Crippen LogP contribution in [0.15, 0.2) is 95.3 Å². The predicted octanol–water partition coefficient (Wildman–Crippen LogP) is 6.52. The molecule has 0 atom stereocenters. The number of nitrogens with zero attached hydrogens (tertiary/aromatic N) is 1. The highest BCUT2D eigenvalue weighted by Crippen LogP contribution is 2.45. The van der Waals surface area contributed by atoms with Crippen LogP contribution in [0.5, 0.6) is 0 Å². The summed E-state index contributed by atoms with van der Waals surface area (Å²) in [5, 5.41) is 2.19.